The Morgan fingerprint density at radius 1 is 0.974 bits per heavy atom. The molecule has 1 aliphatic heterocycles. The van der Waals surface area contributed by atoms with Gasteiger partial charge >= 0.3 is 6.18 Å². The molecule has 0 unspecified atom stereocenters. The lowest BCUT2D eigenvalue weighted by molar-refractivity contribution is -0.137. The number of alkyl halides is 3. The fourth-order valence-electron chi connectivity index (χ4n) is 4.18. The van der Waals surface area contributed by atoms with Crippen molar-refractivity contribution in [3.63, 3.8) is 0 Å². The Kier molecular flexibility index (Phi) is 8.73. The largest absolute Gasteiger partial charge is 0.416 e. The molecule has 0 bridgehead atoms. The molecule has 1 saturated heterocycles. The van der Waals surface area contributed by atoms with Crippen LogP contribution in [0.2, 0.25) is 5.02 Å². The number of hydrogen-bond acceptors (Lipinski definition) is 5. The topological polar surface area (TPSA) is 73.0 Å². The van der Waals surface area contributed by atoms with Gasteiger partial charge in [-0.25, -0.2) is 8.42 Å². The molecule has 0 spiro atoms. The third-order valence-electron chi connectivity index (χ3n) is 6.46. The summed E-state index contributed by atoms with van der Waals surface area (Å²) in [4.78, 5) is 17.3. The van der Waals surface area contributed by atoms with Crippen molar-refractivity contribution in [2.75, 3.05) is 49.0 Å². The monoisotopic (exact) mass is 580 g/mol. The number of rotatable bonds is 8. The van der Waals surface area contributed by atoms with Crippen LogP contribution in [0.25, 0.3) is 0 Å². The van der Waals surface area contributed by atoms with E-state index < -0.39 is 39.9 Å². The van der Waals surface area contributed by atoms with E-state index in [9.17, 15) is 26.4 Å². The van der Waals surface area contributed by atoms with Crippen molar-refractivity contribution in [2.24, 2.45) is 0 Å². The fourth-order valence-corrected chi connectivity index (χ4v) is 5.90. The van der Waals surface area contributed by atoms with E-state index in [1.165, 1.54) is 24.3 Å². The van der Waals surface area contributed by atoms with Gasteiger partial charge in [-0.05, 0) is 55.1 Å². The lowest BCUT2D eigenvalue weighted by atomic mass is 10.1. The van der Waals surface area contributed by atoms with Gasteiger partial charge in [-0.2, -0.15) is 13.2 Å². The molecule has 3 aromatic carbocycles. The summed E-state index contributed by atoms with van der Waals surface area (Å²) in [6, 6.07) is 17.2. The number of benzene rings is 3. The Bertz CT molecular complexity index is 1400. The minimum absolute atomic E-state index is 0.109. The predicted molar refractivity (Wildman–Crippen MR) is 145 cm³/mol. The molecule has 1 heterocycles. The number of sulfonamides is 1. The molecule has 0 saturated carbocycles. The number of halogens is 4. The molecule has 39 heavy (non-hydrogen) atoms. The van der Waals surface area contributed by atoms with Gasteiger partial charge in [0.25, 0.3) is 10.0 Å². The highest BCUT2D eigenvalue weighted by atomic mass is 35.5. The van der Waals surface area contributed by atoms with E-state index in [-0.39, 0.29) is 16.5 Å². The summed E-state index contributed by atoms with van der Waals surface area (Å²) in [5, 5.41) is 2.42. The molecule has 0 radical (unpaired) electrons. The van der Waals surface area contributed by atoms with Crippen molar-refractivity contribution in [3.8, 4) is 0 Å². The second-order valence-corrected chi connectivity index (χ2v) is 11.5. The number of anilines is 2. The van der Waals surface area contributed by atoms with Gasteiger partial charge < -0.3 is 15.1 Å². The highest BCUT2D eigenvalue weighted by molar-refractivity contribution is 7.92. The minimum Gasteiger partial charge on any atom is -0.369 e. The van der Waals surface area contributed by atoms with E-state index in [2.05, 4.69) is 22.2 Å². The highest BCUT2D eigenvalue weighted by Crippen LogP contribution is 2.37. The van der Waals surface area contributed by atoms with Crippen LogP contribution in [0.3, 0.4) is 0 Å². The summed E-state index contributed by atoms with van der Waals surface area (Å²) in [6.45, 7) is 3.11. The molecule has 1 fully saturated rings. The van der Waals surface area contributed by atoms with Crippen LogP contribution in [0.5, 0.6) is 0 Å². The predicted octanol–water partition coefficient (Wildman–Crippen LogP) is 4.62. The number of carbonyl (C=O) groups excluding carboxylic acids is 1. The first kappa shape index (κ1) is 28.7. The summed E-state index contributed by atoms with van der Waals surface area (Å²) in [6.07, 6.45) is -4.74. The molecule has 0 aromatic heterocycles. The second kappa shape index (κ2) is 11.8. The lowest BCUT2D eigenvalue weighted by Crippen LogP contribution is -2.44. The molecule has 7 nitrogen and oxygen atoms in total. The minimum atomic E-state index is -4.74. The molecule has 0 atom stereocenters. The molecule has 0 aliphatic carbocycles. The van der Waals surface area contributed by atoms with Crippen LogP contribution in [-0.2, 0) is 27.5 Å². The first-order chi connectivity index (χ1) is 18.4. The molecule has 1 N–H and O–H groups in total. The summed E-state index contributed by atoms with van der Waals surface area (Å²) >= 11 is 6.17. The van der Waals surface area contributed by atoms with Gasteiger partial charge in [0.05, 0.1) is 21.2 Å². The van der Waals surface area contributed by atoms with Crippen LogP contribution < -0.4 is 14.5 Å². The second-order valence-electron chi connectivity index (χ2n) is 9.22. The van der Waals surface area contributed by atoms with Gasteiger partial charge in [-0.3, -0.25) is 9.10 Å². The fraction of sp³-hybridized carbons (Fsp3) is 0.296. The van der Waals surface area contributed by atoms with Gasteiger partial charge in [-0.1, -0.05) is 41.9 Å². The van der Waals surface area contributed by atoms with E-state index in [4.69, 9.17) is 11.6 Å². The lowest BCUT2D eigenvalue weighted by Gasteiger charge is -2.34. The zero-order chi connectivity index (χ0) is 28.2. The number of piperazine rings is 1. The smallest absolute Gasteiger partial charge is 0.369 e. The zero-order valence-electron chi connectivity index (χ0n) is 21.2. The number of hydrogen-bond donors (Lipinski definition) is 1. The van der Waals surface area contributed by atoms with E-state index in [0.717, 1.165) is 49.6 Å². The first-order valence-electron chi connectivity index (χ1n) is 12.2. The van der Waals surface area contributed by atoms with E-state index in [0.29, 0.717) is 10.4 Å². The molecule has 1 aliphatic rings. The molecule has 12 heteroatoms. The average Bonchev–Trinajstić information content (AvgIpc) is 2.91. The number of carbonyl (C=O) groups is 1. The molecular formula is C27H28ClF3N4O3S. The van der Waals surface area contributed by atoms with E-state index in [1.54, 1.807) is 6.07 Å². The Balaban J connectivity index is 1.53. The van der Waals surface area contributed by atoms with Crippen molar-refractivity contribution < 1.29 is 26.4 Å². The Morgan fingerprint density at radius 2 is 1.62 bits per heavy atom. The van der Waals surface area contributed by atoms with Crippen LogP contribution in [0.1, 0.15) is 11.1 Å². The number of nitrogens with zero attached hydrogens (tertiary/aromatic N) is 3. The normalized spacial score (nSPS) is 14.7. The van der Waals surface area contributed by atoms with Gasteiger partial charge in [0.15, 0.2) is 0 Å². The van der Waals surface area contributed by atoms with Crippen LogP contribution in [0.4, 0.5) is 24.5 Å². The van der Waals surface area contributed by atoms with Crippen LogP contribution in [0.15, 0.2) is 77.7 Å². The quantitative estimate of drug-likeness (QED) is 0.421. The van der Waals surface area contributed by atoms with Crippen molar-refractivity contribution in [1.29, 1.82) is 0 Å². The molecule has 1 amide bonds. The average molecular weight is 581 g/mol. The Hall–Kier alpha value is -3.28. The molecule has 208 valence electrons. The third kappa shape index (κ3) is 7.03. The standard InChI is InChI=1S/C27H28ClF3N4O3S/c1-33-13-15-34(16-14-33)22-10-7-20(8-11-22)18-32-26(36)19-35(39(37,38)23-5-3-2-4-6-23)25-17-21(27(29,30)31)9-12-24(25)28/h2-12,17H,13-16,18-19H2,1H3,(H,32,36). The highest BCUT2D eigenvalue weighted by Gasteiger charge is 2.34. The van der Waals surface area contributed by atoms with Gasteiger partial charge in [-0.15, -0.1) is 0 Å². The van der Waals surface area contributed by atoms with Gasteiger partial charge in [0.1, 0.15) is 6.54 Å². The summed E-state index contributed by atoms with van der Waals surface area (Å²) in [7, 11) is -2.35. The Morgan fingerprint density at radius 3 is 2.23 bits per heavy atom. The Labute approximate surface area is 230 Å². The van der Waals surface area contributed by atoms with Crippen molar-refractivity contribution in [3.05, 3.63) is 88.9 Å². The van der Waals surface area contributed by atoms with Crippen LogP contribution in [-0.4, -0.2) is 59.0 Å². The van der Waals surface area contributed by atoms with Crippen molar-refractivity contribution in [1.82, 2.24) is 10.2 Å². The SMILES string of the molecule is CN1CCN(c2ccc(CNC(=O)CN(c3cc(C(F)(F)F)ccc3Cl)S(=O)(=O)c3ccccc3)cc2)CC1. The summed E-state index contributed by atoms with van der Waals surface area (Å²) < 4.78 is 67.8. The number of amides is 1. The van der Waals surface area contributed by atoms with Crippen LogP contribution in [0, 0.1) is 0 Å². The maximum atomic E-state index is 13.5. The van der Waals surface area contributed by atoms with Gasteiger partial charge in [0, 0.05) is 38.4 Å². The first-order valence-corrected chi connectivity index (χ1v) is 14.0. The summed E-state index contributed by atoms with van der Waals surface area (Å²) in [5.41, 5.74) is 0.325. The molecule has 3 aromatic rings. The summed E-state index contributed by atoms with van der Waals surface area (Å²) in [5.74, 6) is -0.703. The van der Waals surface area contributed by atoms with Gasteiger partial charge in [0.2, 0.25) is 5.91 Å². The maximum Gasteiger partial charge on any atom is 0.416 e. The zero-order valence-corrected chi connectivity index (χ0v) is 22.7. The maximum absolute atomic E-state index is 13.5. The van der Waals surface area contributed by atoms with Crippen molar-refractivity contribution >= 4 is 38.9 Å². The van der Waals surface area contributed by atoms with Crippen LogP contribution >= 0.6 is 11.6 Å². The number of likely N-dealkylation sites (N-methyl/N-ethyl adjacent to an activating group) is 1. The molecular weight excluding hydrogens is 553 g/mol. The number of nitrogens with one attached hydrogen (secondary N) is 1. The van der Waals surface area contributed by atoms with E-state index >= 15 is 0 Å². The van der Waals surface area contributed by atoms with Crippen molar-refractivity contribution in [2.45, 2.75) is 17.6 Å². The molecule has 4 rings (SSSR count). The van der Waals surface area contributed by atoms with E-state index in [1.807, 2.05) is 24.3 Å². The third-order valence-corrected chi connectivity index (χ3v) is 8.55.